The molecule has 1 atom stereocenters. The summed E-state index contributed by atoms with van der Waals surface area (Å²) in [4.78, 5) is 23.4. The zero-order valence-electron chi connectivity index (χ0n) is 14.4. The SMILES string of the molecule is CC(C)(C)OC(=O)N[C@H](C(=O)O)c1ccc(O)c(C(C)(C)C)c1. The van der Waals surface area contributed by atoms with Gasteiger partial charge < -0.3 is 20.3 Å². The third-order valence-corrected chi connectivity index (χ3v) is 3.07. The third kappa shape index (κ3) is 5.47. The van der Waals surface area contributed by atoms with E-state index in [9.17, 15) is 19.8 Å². The molecule has 0 aliphatic heterocycles. The molecule has 0 heterocycles. The van der Waals surface area contributed by atoms with Crippen molar-refractivity contribution in [1.29, 1.82) is 0 Å². The van der Waals surface area contributed by atoms with Gasteiger partial charge in [-0.05, 0) is 49.4 Å². The van der Waals surface area contributed by atoms with E-state index in [2.05, 4.69) is 5.32 Å². The number of aromatic hydroxyl groups is 1. The van der Waals surface area contributed by atoms with Gasteiger partial charge in [0.25, 0.3) is 0 Å². The molecule has 0 saturated carbocycles. The van der Waals surface area contributed by atoms with Crippen molar-refractivity contribution in [3.8, 4) is 5.75 Å². The third-order valence-electron chi connectivity index (χ3n) is 3.07. The fourth-order valence-corrected chi connectivity index (χ4v) is 2.05. The number of phenols is 1. The fraction of sp³-hybridized carbons (Fsp3) is 0.529. The van der Waals surface area contributed by atoms with Crippen LogP contribution in [-0.2, 0) is 14.9 Å². The topological polar surface area (TPSA) is 95.9 Å². The molecule has 0 aromatic heterocycles. The number of phenolic OH excluding ortho intramolecular Hbond substituents is 1. The van der Waals surface area contributed by atoms with Crippen LogP contribution >= 0.6 is 0 Å². The van der Waals surface area contributed by atoms with Crippen LogP contribution < -0.4 is 5.32 Å². The molecule has 6 heteroatoms. The van der Waals surface area contributed by atoms with E-state index in [4.69, 9.17) is 4.74 Å². The first kappa shape index (κ1) is 18.8. The van der Waals surface area contributed by atoms with Gasteiger partial charge in [-0.2, -0.15) is 0 Å². The van der Waals surface area contributed by atoms with Crippen LogP contribution in [0.4, 0.5) is 4.79 Å². The highest BCUT2D eigenvalue weighted by atomic mass is 16.6. The largest absolute Gasteiger partial charge is 0.508 e. The van der Waals surface area contributed by atoms with E-state index in [0.29, 0.717) is 11.1 Å². The molecule has 0 fully saturated rings. The van der Waals surface area contributed by atoms with Crippen LogP contribution in [0.2, 0.25) is 0 Å². The molecule has 0 bridgehead atoms. The van der Waals surface area contributed by atoms with Crippen molar-refractivity contribution >= 4 is 12.1 Å². The Balaban J connectivity index is 3.12. The Labute approximate surface area is 136 Å². The van der Waals surface area contributed by atoms with Crippen molar-refractivity contribution in [1.82, 2.24) is 5.32 Å². The van der Waals surface area contributed by atoms with Crippen molar-refractivity contribution in [2.24, 2.45) is 0 Å². The molecule has 1 amide bonds. The number of aliphatic carboxylic acids is 1. The molecule has 6 nitrogen and oxygen atoms in total. The minimum Gasteiger partial charge on any atom is -0.508 e. The molecule has 0 unspecified atom stereocenters. The standard InChI is InChI=1S/C17H25NO5/c1-16(2,3)11-9-10(7-8-12(11)19)13(14(20)21)18-15(22)23-17(4,5)6/h7-9,13,19H,1-6H3,(H,18,22)(H,20,21)/t13-/m0/s1. The summed E-state index contributed by atoms with van der Waals surface area (Å²) in [6.45, 7) is 10.8. The number of benzene rings is 1. The number of carboxylic acid groups (broad SMARTS) is 1. The summed E-state index contributed by atoms with van der Waals surface area (Å²) in [5, 5.41) is 21.7. The number of carboxylic acids is 1. The van der Waals surface area contributed by atoms with Gasteiger partial charge in [0.1, 0.15) is 11.4 Å². The molecule has 1 aromatic carbocycles. The highest BCUT2D eigenvalue weighted by Gasteiger charge is 2.27. The summed E-state index contributed by atoms with van der Waals surface area (Å²) >= 11 is 0. The molecule has 1 aromatic rings. The van der Waals surface area contributed by atoms with Crippen molar-refractivity contribution in [2.75, 3.05) is 0 Å². The highest BCUT2D eigenvalue weighted by molar-refractivity contribution is 5.81. The number of carbonyl (C=O) groups is 2. The first-order valence-corrected chi connectivity index (χ1v) is 7.37. The molecule has 0 saturated heterocycles. The molecule has 0 aliphatic rings. The summed E-state index contributed by atoms with van der Waals surface area (Å²) < 4.78 is 5.10. The Morgan fingerprint density at radius 1 is 1.13 bits per heavy atom. The lowest BCUT2D eigenvalue weighted by Gasteiger charge is -2.24. The maximum absolute atomic E-state index is 11.8. The lowest BCUT2D eigenvalue weighted by molar-refractivity contribution is -0.139. The number of hydrogen-bond acceptors (Lipinski definition) is 4. The predicted molar refractivity (Wildman–Crippen MR) is 86.6 cm³/mol. The van der Waals surface area contributed by atoms with Crippen LogP contribution in [0.25, 0.3) is 0 Å². The van der Waals surface area contributed by atoms with Crippen molar-refractivity contribution in [3.63, 3.8) is 0 Å². The van der Waals surface area contributed by atoms with Crippen LogP contribution in [0.5, 0.6) is 5.75 Å². The first-order chi connectivity index (χ1) is 10.3. The minimum absolute atomic E-state index is 0.0858. The van der Waals surface area contributed by atoms with Crippen LogP contribution in [-0.4, -0.2) is 27.9 Å². The van der Waals surface area contributed by atoms with Gasteiger partial charge in [-0.1, -0.05) is 26.8 Å². The Bertz CT molecular complexity index is 596. The van der Waals surface area contributed by atoms with Crippen LogP contribution in [0.15, 0.2) is 18.2 Å². The summed E-state index contributed by atoms with van der Waals surface area (Å²) in [6, 6.07) is 3.24. The maximum Gasteiger partial charge on any atom is 0.408 e. The van der Waals surface area contributed by atoms with E-state index in [1.807, 2.05) is 20.8 Å². The van der Waals surface area contributed by atoms with Gasteiger partial charge in [-0.3, -0.25) is 0 Å². The molecular weight excluding hydrogens is 298 g/mol. The van der Waals surface area contributed by atoms with E-state index in [0.717, 1.165) is 0 Å². The Morgan fingerprint density at radius 3 is 2.13 bits per heavy atom. The lowest BCUT2D eigenvalue weighted by Crippen LogP contribution is -2.38. The van der Waals surface area contributed by atoms with Gasteiger partial charge in [-0.25, -0.2) is 9.59 Å². The highest BCUT2D eigenvalue weighted by Crippen LogP contribution is 2.32. The van der Waals surface area contributed by atoms with Crippen LogP contribution in [0, 0.1) is 0 Å². The summed E-state index contributed by atoms with van der Waals surface area (Å²) in [6.07, 6.45) is -0.810. The zero-order valence-corrected chi connectivity index (χ0v) is 14.4. The van der Waals surface area contributed by atoms with E-state index in [1.54, 1.807) is 26.8 Å². The Hall–Kier alpha value is -2.24. The molecule has 128 valence electrons. The quantitative estimate of drug-likeness (QED) is 0.793. The molecule has 0 spiro atoms. The van der Waals surface area contributed by atoms with E-state index in [-0.39, 0.29) is 11.2 Å². The second kappa shape index (κ2) is 6.48. The number of nitrogens with one attached hydrogen (secondary N) is 1. The van der Waals surface area contributed by atoms with Gasteiger partial charge in [0, 0.05) is 0 Å². The second-order valence-electron chi connectivity index (χ2n) is 7.44. The number of hydrogen-bond donors (Lipinski definition) is 3. The van der Waals surface area contributed by atoms with Gasteiger partial charge in [-0.15, -0.1) is 0 Å². The normalized spacial score (nSPS) is 13.3. The minimum atomic E-state index is -1.26. The smallest absolute Gasteiger partial charge is 0.408 e. The van der Waals surface area contributed by atoms with E-state index < -0.39 is 23.7 Å². The number of alkyl carbamates (subject to hydrolysis) is 1. The van der Waals surface area contributed by atoms with Gasteiger partial charge in [0.2, 0.25) is 0 Å². The Morgan fingerprint density at radius 2 is 1.70 bits per heavy atom. The van der Waals surface area contributed by atoms with Crippen molar-refractivity contribution in [2.45, 2.75) is 58.6 Å². The summed E-state index contributed by atoms with van der Waals surface area (Å²) in [7, 11) is 0. The monoisotopic (exact) mass is 323 g/mol. The lowest BCUT2D eigenvalue weighted by atomic mass is 9.84. The molecule has 0 radical (unpaired) electrons. The molecule has 0 aliphatic carbocycles. The Kier molecular flexibility index (Phi) is 5.30. The number of amides is 1. The average molecular weight is 323 g/mol. The van der Waals surface area contributed by atoms with Crippen molar-refractivity contribution in [3.05, 3.63) is 29.3 Å². The number of ether oxygens (including phenoxy) is 1. The predicted octanol–water partition coefficient (Wildman–Crippen LogP) is 3.34. The molecule has 1 rings (SSSR count). The summed E-state index contributed by atoms with van der Waals surface area (Å²) in [5.74, 6) is -1.12. The summed E-state index contributed by atoms with van der Waals surface area (Å²) in [5.41, 5.74) is -0.119. The van der Waals surface area contributed by atoms with Gasteiger partial charge in [0.05, 0.1) is 0 Å². The van der Waals surface area contributed by atoms with Gasteiger partial charge in [0.15, 0.2) is 6.04 Å². The van der Waals surface area contributed by atoms with Crippen LogP contribution in [0.1, 0.15) is 58.7 Å². The molecule has 23 heavy (non-hydrogen) atoms. The second-order valence-corrected chi connectivity index (χ2v) is 7.44. The molecule has 3 N–H and O–H groups in total. The first-order valence-electron chi connectivity index (χ1n) is 7.37. The maximum atomic E-state index is 11.8. The average Bonchev–Trinajstić information content (AvgIpc) is 2.33. The molecular formula is C17H25NO5. The zero-order chi connectivity index (χ0) is 18.0. The van der Waals surface area contributed by atoms with E-state index in [1.165, 1.54) is 12.1 Å². The van der Waals surface area contributed by atoms with Gasteiger partial charge >= 0.3 is 12.1 Å². The fourth-order valence-electron chi connectivity index (χ4n) is 2.05. The van der Waals surface area contributed by atoms with E-state index >= 15 is 0 Å². The van der Waals surface area contributed by atoms with Crippen LogP contribution in [0.3, 0.4) is 0 Å². The number of carbonyl (C=O) groups excluding carboxylic acids is 1. The number of rotatable bonds is 3. The van der Waals surface area contributed by atoms with Crippen molar-refractivity contribution < 1.29 is 24.5 Å².